The second-order valence-corrected chi connectivity index (χ2v) is 4.22. The SMILES string of the molecule is O=C(O)c1cc(NC(=O)c2ccc(F)cc2Cl)ccn1. The van der Waals surface area contributed by atoms with Crippen LogP contribution in [0.3, 0.4) is 0 Å². The van der Waals surface area contributed by atoms with Crippen LogP contribution >= 0.6 is 11.6 Å². The first-order chi connectivity index (χ1) is 9.47. The number of amides is 1. The molecule has 2 aromatic rings. The van der Waals surface area contributed by atoms with E-state index in [0.717, 1.165) is 12.1 Å². The highest BCUT2D eigenvalue weighted by atomic mass is 35.5. The molecule has 0 spiro atoms. The molecule has 1 amide bonds. The number of anilines is 1. The van der Waals surface area contributed by atoms with Crippen molar-refractivity contribution in [3.8, 4) is 0 Å². The maximum absolute atomic E-state index is 12.9. The van der Waals surface area contributed by atoms with E-state index in [2.05, 4.69) is 10.3 Å². The third-order valence-corrected chi connectivity index (χ3v) is 2.73. The summed E-state index contributed by atoms with van der Waals surface area (Å²) in [4.78, 5) is 26.3. The van der Waals surface area contributed by atoms with Gasteiger partial charge in [0.15, 0.2) is 0 Å². The van der Waals surface area contributed by atoms with Crippen LogP contribution in [0.2, 0.25) is 5.02 Å². The molecule has 0 saturated heterocycles. The lowest BCUT2D eigenvalue weighted by Gasteiger charge is -2.07. The number of aromatic nitrogens is 1. The Hall–Kier alpha value is -2.47. The molecular formula is C13H8ClFN2O3. The Kier molecular flexibility index (Phi) is 3.95. The number of carbonyl (C=O) groups excluding carboxylic acids is 1. The van der Waals surface area contributed by atoms with Crippen molar-refractivity contribution in [1.82, 2.24) is 4.98 Å². The zero-order valence-electron chi connectivity index (χ0n) is 9.93. The molecule has 0 aliphatic heterocycles. The van der Waals surface area contributed by atoms with Gasteiger partial charge in [-0.05, 0) is 30.3 Å². The fourth-order valence-corrected chi connectivity index (χ4v) is 1.75. The molecule has 0 bridgehead atoms. The Labute approximate surface area is 118 Å². The zero-order valence-corrected chi connectivity index (χ0v) is 10.7. The van der Waals surface area contributed by atoms with Crippen molar-refractivity contribution < 1.29 is 19.1 Å². The summed E-state index contributed by atoms with van der Waals surface area (Å²) in [5, 5.41) is 11.2. The Morgan fingerprint density at radius 1 is 1.25 bits per heavy atom. The van der Waals surface area contributed by atoms with Gasteiger partial charge in [0.05, 0.1) is 10.6 Å². The van der Waals surface area contributed by atoms with Crippen LogP contribution in [0, 0.1) is 5.82 Å². The zero-order chi connectivity index (χ0) is 14.7. The topological polar surface area (TPSA) is 79.3 Å². The molecule has 1 heterocycles. The average Bonchev–Trinajstić information content (AvgIpc) is 2.38. The van der Waals surface area contributed by atoms with Crippen LogP contribution in [0.1, 0.15) is 20.8 Å². The first-order valence-corrected chi connectivity index (χ1v) is 5.81. The highest BCUT2D eigenvalue weighted by Gasteiger charge is 2.12. The van der Waals surface area contributed by atoms with Gasteiger partial charge in [0.25, 0.3) is 5.91 Å². The Balaban J connectivity index is 2.23. The fraction of sp³-hybridized carbons (Fsp3) is 0. The van der Waals surface area contributed by atoms with E-state index in [1.54, 1.807) is 0 Å². The Morgan fingerprint density at radius 2 is 2.00 bits per heavy atom. The molecule has 20 heavy (non-hydrogen) atoms. The van der Waals surface area contributed by atoms with Crippen molar-refractivity contribution in [3.63, 3.8) is 0 Å². The Morgan fingerprint density at radius 3 is 2.65 bits per heavy atom. The summed E-state index contributed by atoms with van der Waals surface area (Å²) in [6.07, 6.45) is 1.26. The number of carboxylic acids is 1. The molecule has 0 atom stereocenters. The minimum absolute atomic E-state index is 0.0324. The number of nitrogens with one attached hydrogen (secondary N) is 1. The molecule has 1 aromatic heterocycles. The summed E-state index contributed by atoms with van der Waals surface area (Å²) in [6.45, 7) is 0. The molecule has 0 saturated carbocycles. The predicted molar refractivity (Wildman–Crippen MR) is 70.6 cm³/mol. The Bertz CT molecular complexity index is 691. The summed E-state index contributed by atoms with van der Waals surface area (Å²) >= 11 is 5.77. The van der Waals surface area contributed by atoms with Crippen molar-refractivity contribution in [2.45, 2.75) is 0 Å². The fourth-order valence-electron chi connectivity index (χ4n) is 1.50. The number of pyridine rings is 1. The minimum atomic E-state index is -1.21. The lowest BCUT2D eigenvalue weighted by Crippen LogP contribution is -2.13. The molecule has 1 aromatic carbocycles. The van der Waals surface area contributed by atoms with Gasteiger partial charge in [0.1, 0.15) is 11.5 Å². The summed E-state index contributed by atoms with van der Waals surface area (Å²) in [5.41, 5.74) is 0.137. The van der Waals surface area contributed by atoms with Gasteiger partial charge in [-0.2, -0.15) is 0 Å². The first kappa shape index (κ1) is 14.0. The number of carbonyl (C=O) groups is 2. The third-order valence-electron chi connectivity index (χ3n) is 2.41. The van der Waals surface area contributed by atoms with Crippen molar-refractivity contribution in [2.75, 3.05) is 5.32 Å². The molecule has 102 valence electrons. The van der Waals surface area contributed by atoms with E-state index >= 15 is 0 Å². The quantitative estimate of drug-likeness (QED) is 0.912. The largest absolute Gasteiger partial charge is 0.477 e. The van der Waals surface area contributed by atoms with Crippen LogP contribution in [0.25, 0.3) is 0 Å². The van der Waals surface area contributed by atoms with E-state index < -0.39 is 17.7 Å². The predicted octanol–water partition coefficient (Wildman–Crippen LogP) is 2.82. The second kappa shape index (κ2) is 5.66. The van der Waals surface area contributed by atoms with Gasteiger partial charge in [-0.1, -0.05) is 11.6 Å². The maximum atomic E-state index is 12.9. The van der Waals surface area contributed by atoms with Crippen molar-refractivity contribution in [2.24, 2.45) is 0 Å². The van der Waals surface area contributed by atoms with Gasteiger partial charge in [-0.15, -0.1) is 0 Å². The number of benzene rings is 1. The van der Waals surface area contributed by atoms with E-state index in [9.17, 15) is 14.0 Å². The number of rotatable bonds is 3. The van der Waals surface area contributed by atoms with Crippen molar-refractivity contribution in [1.29, 1.82) is 0 Å². The van der Waals surface area contributed by atoms with Gasteiger partial charge in [0.2, 0.25) is 0 Å². The van der Waals surface area contributed by atoms with Crippen LogP contribution in [0.4, 0.5) is 10.1 Å². The smallest absolute Gasteiger partial charge is 0.354 e. The van der Waals surface area contributed by atoms with Crippen LogP contribution in [0.15, 0.2) is 36.5 Å². The molecule has 0 radical (unpaired) electrons. The molecule has 0 aliphatic rings. The highest BCUT2D eigenvalue weighted by Crippen LogP contribution is 2.19. The molecule has 2 rings (SSSR count). The van der Waals surface area contributed by atoms with E-state index in [4.69, 9.17) is 16.7 Å². The van der Waals surface area contributed by atoms with Crippen molar-refractivity contribution in [3.05, 3.63) is 58.6 Å². The van der Waals surface area contributed by atoms with E-state index in [-0.39, 0.29) is 22.0 Å². The molecule has 7 heteroatoms. The standard InChI is InChI=1S/C13H8ClFN2O3/c14-10-5-7(15)1-2-9(10)12(18)17-8-3-4-16-11(6-8)13(19)20/h1-6H,(H,19,20)(H,16,17,18). The minimum Gasteiger partial charge on any atom is -0.477 e. The van der Waals surface area contributed by atoms with E-state index in [1.165, 1.54) is 24.4 Å². The summed E-state index contributed by atoms with van der Waals surface area (Å²) in [6, 6.07) is 6.01. The number of hydrogen-bond donors (Lipinski definition) is 2. The molecule has 0 unspecified atom stereocenters. The highest BCUT2D eigenvalue weighted by molar-refractivity contribution is 6.34. The average molecular weight is 295 g/mol. The maximum Gasteiger partial charge on any atom is 0.354 e. The van der Waals surface area contributed by atoms with Gasteiger partial charge in [-0.25, -0.2) is 14.2 Å². The molecular weight excluding hydrogens is 287 g/mol. The molecule has 5 nitrogen and oxygen atoms in total. The first-order valence-electron chi connectivity index (χ1n) is 5.43. The van der Waals surface area contributed by atoms with Crippen LogP contribution in [-0.2, 0) is 0 Å². The molecule has 0 aliphatic carbocycles. The molecule has 0 fully saturated rings. The normalized spacial score (nSPS) is 10.1. The lowest BCUT2D eigenvalue weighted by molar-refractivity contribution is 0.0690. The van der Waals surface area contributed by atoms with E-state index in [1.807, 2.05) is 0 Å². The van der Waals surface area contributed by atoms with Gasteiger partial charge >= 0.3 is 5.97 Å². The summed E-state index contributed by atoms with van der Waals surface area (Å²) in [7, 11) is 0. The number of carboxylic acid groups (broad SMARTS) is 1. The van der Waals surface area contributed by atoms with Crippen LogP contribution < -0.4 is 5.32 Å². The van der Waals surface area contributed by atoms with Crippen LogP contribution in [0.5, 0.6) is 0 Å². The lowest BCUT2D eigenvalue weighted by atomic mass is 10.2. The summed E-state index contributed by atoms with van der Waals surface area (Å²) < 4.78 is 12.9. The number of aromatic carboxylic acids is 1. The molecule has 2 N–H and O–H groups in total. The van der Waals surface area contributed by atoms with Crippen LogP contribution in [-0.4, -0.2) is 22.0 Å². The third kappa shape index (κ3) is 3.10. The number of nitrogens with zero attached hydrogens (tertiary/aromatic N) is 1. The van der Waals surface area contributed by atoms with E-state index in [0.29, 0.717) is 0 Å². The number of hydrogen-bond acceptors (Lipinski definition) is 3. The van der Waals surface area contributed by atoms with Gasteiger partial charge < -0.3 is 10.4 Å². The van der Waals surface area contributed by atoms with Gasteiger partial charge in [0, 0.05) is 11.9 Å². The monoisotopic (exact) mass is 294 g/mol. The van der Waals surface area contributed by atoms with Gasteiger partial charge in [-0.3, -0.25) is 4.79 Å². The number of halogens is 2. The van der Waals surface area contributed by atoms with Crippen molar-refractivity contribution >= 4 is 29.2 Å². The second-order valence-electron chi connectivity index (χ2n) is 3.81. The summed E-state index contributed by atoms with van der Waals surface area (Å²) in [5.74, 6) is -2.33.